The molecule has 1 fully saturated rings. The number of piperidine rings is 1. The number of benzene rings is 2. The van der Waals surface area contributed by atoms with Gasteiger partial charge in [0.25, 0.3) is 11.8 Å². The number of amides is 2. The van der Waals surface area contributed by atoms with Gasteiger partial charge in [-0.15, -0.1) is 0 Å². The van der Waals surface area contributed by atoms with Crippen molar-refractivity contribution in [3.63, 3.8) is 0 Å². The summed E-state index contributed by atoms with van der Waals surface area (Å²) in [6.07, 6.45) is 3.60. The largest absolute Gasteiger partial charge is 0.462 e. The van der Waals surface area contributed by atoms with Gasteiger partial charge in [-0.05, 0) is 75.8 Å². The second-order valence-corrected chi connectivity index (χ2v) is 10.3. The first kappa shape index (κ1) is 26.0. The molecule has 0 unspecified atom stereocenters. The van der Waals surface area contributed by atoms with Gasteiger partial charge in [0, 0.05) is 18.0 Å². The zero-order chi connectivity index (χ0) is 25.7. The Morgan fingerprint density at radius 2 is 1.69 bits per heavy atom. The quantitative estimate of drug-likeness (QED) is 0.280. The smallest absolute Gasteiger partial charge is 0.338 e. The van der Waals surface area contributed by atoms with Crippen LogP contribution < -0.4 is 4.90 Å². The normalized spacial score (nSPS) is 17.1. The Kier molecular flexibility index (Phi) is 8.48. The molecule has 0 spiro atoms. The number of likely N-dealkylation sites (tertiary alicyclic amines) is 1. The van der Waals surface area contributed by atoms with Gasteiger partial charge in [-0.3, -0.25) is 9.59 Å². The highest BCUT2D eigenvalue weighted by atomic mass is 32.2. The van der Waals surface area contributed by atoms with Gasteiger partial charge in [0.1, 0.15) is 10.6 Å². The highest BCUT2D eigenvalue weighted by Crippen LogP contribution is 2.39. The summed E-state index contributed by atoms with van der Waals surface area (Å²) in [5.41, 5.74) is 1.27. The minimum atomic E-state index is -0.407. The molecule has 2 heterocycles. The van der Waals surface area contributed by atoms with E-state index in [0.717, 1.165) is 43.7 Å². The monoisotopic (exact) mass is 507 g/mol. The van der Waals surface area contributed by atoms with Gasteiger partial charge >= 0.3 is 5.97 Å². The Hall–Kier alpha value is -3.10. The van der Waals surface area contributed by atoms with Crippen molar-refractivity contribution in [1.29, 1.82) is 0 Å². The van der Waals surface area contributed by atoms with Gasteiger partial charge in [-0.1, -0.05) is 43.3 Å². The Labute approximate surface area is 217 Å². The van der Waals surface area contributed by atoms with Crippen molar-refractivity contribution in [2.45, 2.75) is 43.5 Å². The van der Waals surface area contributed by atoms with Crippen LogP contribution in [0.2, 0.25) is 0 Å². The molecule has 190 valence electrons. The van der Waals surface area contributed by atoms with Gasteiger partial charge in [-0.2, -0.15) is 0 Å². The van der Waals surface area contributed by atoms with Crippen LogP contribution in [0.15, 0.2) is 70.1 Å². The molecule has 36 heavy (non-hydrogen) atoms. The van der Waals surface area contributed by atoms with E-state index in [-0.39, 0.29) is 17.9 Å². The SMILES string of the molecule is CCCCOC(=O)c1ccc(N2C(=O)C(Sc3ccccc3)=C(N(C)C3CCN(C)CC3)C2=O)cc1. The van der Waals surface area contributed by atoms with Crippen LogP contribution in [0, 0.1) is 0 Å². The molecule has 0 bridgehead atoms. The van der Waals surface area contributed by atoms with Gasteiger partial charge in [0.05, 0.1) is 17.9 Å². The third-order valence-corrected chi connectivity index (χ3v) is 7.74. The van der Waals surface area contributed by atoms with Crippen molar-refractivity contribution in [3.05, 3.63) is 70.8 Å². The number of likely N-dealkylation sites (N-methyl/N-ethyl adjacent to an activating group) is 1. The Balaban J connectivity index is 1.60. The zero-order valence-electron chi connectivity index (χ0n) is 21.1. The molecular formula is C28H33N3O4S. The Morgan fingerprint density at radius 3 is 2.33 bits per heavy atom. The highest BCUT2D eigenvalue weighted by molar-refractivity contribution is 8.04. The lowest BCUT2D eigenvalue weighted by Gasteiger charge is -2.36. The van der Waals surface area contributed by atoms with Gasteiger partial charge < -0.3 is 14.5 Å². The van der Waals surface area contributed by atoms with Crippen LogP contribution in [0.5, 0.6) is 0 Å². The average molecular weight is 508 g/mol. The third-order valence-electron chi connectivity index (χ3n) is 6.66. The first-order valence-corrected chi connectivity index (χ1v) is 13.3. The van der Waals surface area contributed by atoms with Crippen molar-refractivity contribution in [2.24, 2.45) is 0 Å². The second kappa shape index (κ2) is 11.8. The number of hydrogen-bond acceptors (Lipinski definition) is 7. The summed E-state index contributed by atoms with van der Waals surface area (Å²) in [4.78, 5) is 46.5. The number of anilines is 1. The summed E-state index contributed by atoms with van der Waals surface area (Å²) in [5, 5.41) is 0. The lowest BCUT2D eigenvalue weighted by Crippen LogP contribution is -2.43. The molecule has 2 aromatic carbocycles. The predicted octanol–water partition coefficient (Wildman–Crippen LogP) is 4.55. The number of ether oxygens (including phenoxy) is 1. The van der Waals surface area contributed by atoms with E-state index < -0.39 is 5.97 Å². The molecule has 7 nitrogen and oxygen atoms in total. The van der Waals surface area contributed by atoms with E-state index in [1.54, 1.807) is 24.3 Å². The first-order valence-electron chi connectivity index (χ1n) is 12.4. The Morgan fingerprint density at radius 1 is 1.03 bits per heavy atom. The summed E-state index contributed by atoms with van der Waals surface area (Å²) in [6.45, 7) is 4.30. The van der Waals surface area contributed by atoms with E-state index in [2.05, 4.69) is 11.9 Å². The van der Waals surface area contributed by atoms with Gasteiger partial charge in [0.2, 0.25) is 0 Å². The minimum absolute atomic E-state index is 0.180. The zero-order valence-corrected chi connectivity index (χ0v) is 21.9. The van der Waals surface area contributed by atoms with Crippen LogP contribution in [-0.2, 0) is 14.3 Å². The third kappa shape index (κ3) is 5.65. The molecule has 1 saturated heterocycles. The topological polar surface area (TPSA) is 70.2 Å². The van der Waals surface area contributed by atoms with E-state index >= 15 is 0 Å². The Bertz CT molecular complexity index is 1130. The molecule has 2 aromatic rings. The first-order chi connectivity index (χ1) is 17.4. The van der Waals surface area contributed by atoms with E-state index in [4.69, 9.17) is 4.74 Å². The molecule has 4 rings (SSSR count). The van der Waals surface area contributed by atoms with E-state index in [1.165, 1.54) is 16.7 Å². The molecule has 2 aliphatic rings. The summed E-state index contributed by atoms with van der Waals surface area (Å²) in [6, 6.07) is 16.3. The lowest BCUT2D eigenvalue weighted by molar-refractivity contribution is -0.121. The van der Waals surface area contributed by atoms with Crippen LogP contribution in [-0.4, -0.2) is 67.4 Å². The fraction of sp³-hybridized carbons (Fsp3) is 0.393. The van der Waals surface area contributed by atoms with Crippen LogP contribution in [0.4, 0.5) is 5.69 Å². The highest BCUT2D eigenvalue weighted by Gasteiger charge is 2.43. The number of carbonyl (C=O) groups excluding carboxylic acids is 3. The molecule has 8 heteroatoms. The van der Waals surface area contributed by atoms with Crippen LogP contribution in [0.3, 0.4) is 0 Å². The molecule has 0 N–H and O–H groups in total. The molecule has 2 aliphatic heterocycles. The standard InChI is InChI=1S/C28H33N3O4S/c1-4-5-19-35-28(34)20-11-13-22(14-12-20)31-26(32)24(30(3)21-15-17-29(2)18-16-21)25(27(31)33)36-23-9-7-6-8-10-23/h6-14,21H,4-5,15-19H2,1-3H3. The molecule has 0 radical (unpaired) electrons. The number of hydrogen-bond donors (Lipinski definition) is 0. The van der Waals surface area contributed by atoms with Gasteiger partial charge in [-0.25, -0.2) is 9.69 Å². The van der Waals surface area contributed by atoms with Crippen molar-refractivity contribution in [2.75, 3.05) is 38.7 Å². The molecular weight excluding hydrogens is 474 g/mol. The number of nitrogens with zero attached hydrogens (tertiary/aromatic N) is 3. The van der Waals surface area contributed by atoms with Gasteiger partial charge in [0.15, 0.2) is 0 Å². The fourth-order valence-corrected chi connectivity index (χ4v) is 5.48. The number of unbranched alkanes of at least 4 members (excludes halogenated alkanes) is 1. The maximum atomic E-state index is 13.7. The summed E-state index contributed by atoms with van der Waals surface area (Å²) in [7, 11) is 4.02. The number of carbonyl (C=O) groups is 3. The maximum Gasteiger partial charge on any atom is 0.338 e. The number of imide groups is 1. The maximum absolute atomic E-state index is 13.7. The van der Waals surface area contributed by atoms with Crippen molar-refractivity contribution < 1.29 is 19.1 Å². The molecule has 0 aromatic heterocycles. The molecule has 0 aliphatic carbocycles. The van der Waals surface area contributed by atoms with Crippen LogP contribution in [0.1, 0.15) is 43.0 Å². The number of thioether (sulfide) groups is 1. The van der Waals surface area contributed by atoms with E-state index in [9.17, 15) is 14.4 Å². The summed E-state index contributed by atoms with van der Waals surface area (Å²) in [5.74, 6) is -1.09. The number of rotatable bonds is 9. The fourth-order valence-electron chi connectivity index (χ4n) is 4.45. The predicted molar refractivity (Wildman–Crippen MR) is 142 cm³/mol. The number of esters is 1. The van der Waals surface area contributed by atoms with Crippen molar-refractivity contribution in [3.8, 4) is 0 Å². The second-order valence-electron chi connectivity index (χ2n) is 9.22. The minimum Gasteiger partial charge on any atom is -0.462 e. The van der Waals surface area contributed by atoms with Crippen LogP contribution in [0.25, 0.3) is 0 Å². The summed E-state index contributed by atoms with van der Waals surface area (Å²) < 4.78 is 5.27. The molecule has 2 amide bonds. The van der Waals surface area contributed by atoms with E-state index in [1.807, 2.05) is 49.2 Å². The lowest BCUT2D eigenvalue weighted by atomic mass is 10.0. The van der Waals surface area contributed by atoms with E-state index in [0.29, 0.717) is 28.5 Å². The van der Waals surface area contributed by atoms with Crippen LogP contribution >= 0.6 is 11.8 Å². The molecule has 0 atom stereocenters. The van der Waals surface area contributed by atoms with Crippen molar-refractivity contribution >= 4 is 35.2 Å². The summed E-state index contributed by atoms with van der Waals surface area (Å²) >= 11 is 1.32. The average Bonchev–Trinajstić information content (AvgIpc) is 3.13. The molecule has 0 saturated carbocycles. The van der Waals surface area contributed by atoms with Crippen molar-refractivity contribution in [1.82, 2.24) is 9.80 Å².